The van der Waals surface area contributed by atoms with Gasteiger partial charge < -0.3 is 4.90 Å². The van der Waals surface area contributed by atoms with Gasteiger partial charge in [-0.15, -0.1) is 0 Å². The molecular formula is C13H17FN2O2S. The Balaban J connectivity index is 1.91. The quantitative estimate of drug-likeness (QED) is 0.822. The minimum Gasteiger partial charge on any atom is -0.302 e. The summed E-state index contributed by atoms with van der Waals surface area (Å²) in [6.07, 6.45) is 1.75. The molecule has 2 aliphatic rings. The molecule has 4 nitrogen and oxygen atoms in total. The van der Waals surface area contributed by atoms with Crippen LogP contribution in [0.5, 0.6) is 0 Å². The summed E-state index contributed by atoms with van der Waals surface area (Å²) in [4.78, 5) is 2.41. The van der Waals surface area contributed by atoms with Crippen LogP contribution < -0.4 is 0 Å². The van der Waals surface area contributed by atoms with E-state index in [0.717, 1.165) is 19.4 Å². The molecule has 0 radical (unpaired) electrons. The van der Waals surface area contributed by atoms with E-state index in [-0.39, 0.29) is 10.9 Å². The second-order valence-electron chi connectivity index (χ2n) is 5.26. The average Bonchev–Trinajstić information content (AvgIpc) is 2.93. The first-order valence-corrected chi connectivity index (χ1v) is 7.92. The molecule has 2 fully saturated rings. The summed E-state index contributed by atoms with van der Waals surface area (Å²) in [7, 11) is -1.45. The van der Waals surface area contributed by atoms with Crippen LogP contribution >= 0.6 is 0 Å². The van der Waals surface area contributed by atoms with Gasteiger partial charge in [-0.25, -0.2) is 12.8 Å². The molecule has 0 saturated carbocycles. The van der Waals surface area contributed by atoms with Crippen molar-refractivity contribution in [3.8, 4) is 0 Å². The van der Waals surface area contributed by atoms with Gasteiger partial charge in [0, 0.05) is 18.6 Å². The minimum absolute atomic E-state index is 0.0695. The van der Waals surface area contributed by atoms with E-state index in [9.17, 15) is 12.8 Å². The van der Waals surface area contributed by atoms with Crippen LogP contribution in [0, 0.1) is 5.82 Å². The van der Waals surface area contributed by atoms with E-state index in [0.29, 0.717) is 12.6 Å². The van der Waals surface area contributed by atoms with Crippen molar-refractivity contribution in [1.29, 1.82) is 0 Å². The van der Waals surface area contributed by atoms with E-state index in [1.807, 2.05) is 7.05 Å². The van der Waals surface area contributed by atoms with E-state index >= 15 is 0 Å². The zero-order valence-electron chi connectivity index (χ0n) is 10.8. The number of fused-ring (bicyclic) bond motifs is 1. The molecule has 19 heavy (non-hydrogen) atoms. The van der Waals surface area contributed by atoms with Crippen molar-refractivity contribution in [2.75, 3.05) is 20.1 Å². The SMILES string of the molecule is CN1CC[C@@H]2[C@H]1CCN2S(=O)(=O)c1ccc(F)cc1. The van der Waals surface area contributed by atoms with Crippen LogP contribution in [0.25, 0.3) is 0 Å². The molecule has 2 aliphatic heterocycles. The molecular weight excluding hydrogens is 267 g/mol. The van der Waals surface area contributed by atoms with Gasteiger partial charge in [0.15, 0.2) is 0 Å². The normalized spacial score (nSPS) is 28.7. The third-order valence-corrected chi connectivity index (χ3v) is 6.16. The van der Waals surface area contributed by atoms with Gasteiger partial charge >= 0.3 is 0 Å². The van der Waals surface area contributed by atoms with Crippen LogP contribution in [0.1, 0.15) is 12.8 Å². The lowest BCUT2D eigenvalue weighted by molar-refractivity contribution is 0.300. The van der Waals surface area contributed by atoms with Crippen LogP contribution in [0.3, 0.4) is 0 Å². The van der Waals surface area contributed by atoms with Crippen LogP contribution in [0.15, 0.2) is 29.2 Å². The summed E-state index contributed by atoms with van der Waals surface area (Å²) >= 11 is 0. The Kier molecular flexibility index (Phi) is 3.11. The van der Waals surface area contributed by atoms with Gasteiger partial charge in [-0.2, -0.15) is 4.31 Å². The highest BCUT2D eigenvalue weighted by Gasteiger charge is 2.46. The minimum atomic E-state index is -3.49. The fourth-order valence-corrected chi connectivity index (χ4v) is 4.90. The van der Waals surface area contributed by atoms with Gasteiger partial charge in [-0.1, -0.05) is 0 Å². The van der Waals surface area contributed by atoms with Gasteiger partial charge in [-0.3, -0.25) is 0 Å². The molecule has 3 rings (SSSR count). The lowest BCUT2D eigenvalue weighted by Crippen LogP contribution is -2.38. The maximum absolute atomic E-state index is 12.9. The highest BCUT2D eigenvalue weighted by molar-refractivity contribution is 7.89. The molecule has 1 aromatic rings. The average molecular weight is 284 g/mol. The molecule has 6 heteroatoms. The topological polar surface area (TPSA) is 40.6 Å². The maximum Gasteiger partial charge on any atom is 0.243 e. The summed E-state index contributed by atoms with van der Waals surface area (Å²) in [6.45, 7) is 1.49. The molecule has 2 saturated heterocycles. The predicted octanol–water partition coefficient (Wildman–Crippen LogP) is 1.29. The summed E-state index contributed by atoms with van der Waals surface area (Å²) in [5.41, 5.74) is 0. The third-order valence-electron chi connectivity index (χ3n) is 4.22. The van der Waals surface area contributed by atoms with Crippen LogP contribution in [0.2, 0.25) is 0 Å². The number of likely N-dealkylation sites (N-methyl/N-ethyl adjacent to an activating group) is 1. The maximum atomic E-state index is 12.9. The number of benzene rings is 1. The number of likely N-dealkylation sites (tertiary alicyclic amines) is 1. The van der Waals surface area contributed by atoms with E-state index < -0.39 is 15.8 Å². The number of hydrogen-bond acceptors (Lipinski definition) is 3. The Hall–Kier alpha value is -0.980. The van der Waals surface area contributed by atoms with E-state index in [1.54, 1.807) is 4.31 Å². The Morgan fingerprint density at radius 2 is 1.74 bits per heavy atom. The first kappa shape index (κ1) is 13.0. The van der Waals surface area contributed by atoms with Crippen molar-refractivity contribution < 1.29 is 12.8 Å². The number of halogens is 1. The smallest absolute Gasteiger partial charge is 0.243 e. The fraction of sp³-hybridized carbons (Fsp3) is 0.538. The van der Waals surface area contributed by atoms with Crippen molar-refractivity contribution in [1.82, 2.24) is 9.21 Å². The Morgan fingerprint density at radius 1 is 1.11 bits per heavy atom. The first-order valence-electron chi connectivity index (χ1n) is 6.48. The highest BCUT2D eigenvalue weighted by atomic mass is 32.2. The van der Waals surface area contributed by atoms with Crippen molar-refractivity contribution in [2.24, 2.45) is 0 Å². The molecule has 2 atom stereocenters. The lowest BCUT2D eigenvalue weighted by Gasteiger charge is -2.23. The van der Waals surface area contributed by atoms with Crippen molar-refractivity contribution in [2.45, 2.75) is 29.8 Å². The lowest BCUT2D eigenvalue weighted by atomic mass is 10.1. The monoisotopic (exact) mass is 284 g/mol. The number of rotatable bonds is 2. The van der Waals surface area contributed by atoms with Crippen molar-refractivity contribution in [3.05, 3.63) is 30.1 Å². The number of hydrogen-bond donors (Lipinski definition) is 0. The number of sulfonamides is 1. The van der Waals surface area contributed by atoms with Crippen LogP contribution in [0.4, 0.5) is 4.39 Å². The number of nitrogens with zero attached hydrogens (tertiary/aromatic N) is 2. The summed E-state index contributed by atoms with van der Waals surface area (Å²) in [5.74, 6) is -0.418. The second-order valence-corrected chi connectivity index (χ2v) is 7.15. The predicted molar refractivity (Wildman–Crippen MR) is 69.7 cm³/mol. The van der Waals surface area contributed by atoms with Crippen LogP contribution in [-0.4, -0.2) is 49.8 Å². The Morgan fingerprint density at radius 3 is 2.42 bits per heavy atom. The molecule has 0 spiro atoms. The molecule has 0 amide bonds. The molecule has 0 bridgehead atoms. The second kappa shape index (κ2) is 4.54. The van der Waals surface area contributed by atoms with Gasteiger partial charge in [0.25, 0.3) is 0 Å². The van der Waals surface area contributed by atoms with Crippen molar-refractivity contribution in [3.63, 3.8) is 0 Å². The zero-order valence-corrected chi connectivity index (χ0v) is 11.6. The largest absolute Gasteiger partial charge is 0.302 e. The van der Waals surface area contributed by atoms with Crippen LogP contribution in [-0.2, 0) is 10.0 Å². The summed E-state index contributed by atoms with van der Waals surface area (Å²) in [5, 5.41) is 0. The van der Waals surface area contributed by atoms with E-state index in [1.165, 1.54) is 24.3 Å². The molecule has 0 aliphatic carbocycles. The molecule has 0 aromatic heterocycles. The molecule has 1 aromatic carbocycles. The van der Waals surface area contributed by atoms with Crippen molar-refractivity contribution >= 4 is 10.0 Å². The standard InChI is InChI=1S/C13H17FN2O2S/c1-15-8-6-13-12(15)7-9-16(13)19(17,18)11-4-2-10(14)3-5-11/h2-5,12-13H,6-9H2,1H3/t12-,13-/m1/s1. The van der Waals surface area contributed by atoms with Gasteiger partial charge in [0.1, 0.15) is 5.82 Å². The van der Waals surface area contributed by atoms with Gasteiger partial charge in [0.2, 0.25) is 10.0 Å². The fourth-order valence-electron chi connectivity index (χ4n) is 3.20. The zero-order chi connectivity index (χ0) is 13.6. The summed E-state index contributed by atoms with van der Waals surface area (Å²) < 4.78 is 39.7. The molecule has 0 unspecified atom stereocenters. The Bertz CT molecular complexity index is 573. The molecule has 104 valence electrons. The third kappa shape index (κ3) is 2.07. The molecule has 2 heterocycles. The Labute approximate surface area is 112 Å². The first-order chi connectivity index (χ1) is 9.00. The summed E-state index contributed by atoms with van der Waals surface area (Å²) in [6, 6.07) is 5.48. The van der Waals surface area contributed by atoms with E-state index in [4.69, 9.17) is 0 Å². The van der Waals surface area contributed by atoms with E-state index in [2.05, 4.69) is 4.90 Å². The highest BCUT2D eigenvalue weighted by Crippen LogP contribution is 2.34. The molecule has 0 N–H and O–H groups in total. The van der Waals surface area contributed by atoms with Gasteiger partial charge in [0.05, 0.1) is 4.90 Å². The van der Waals surface area contributed by atoms with Gasteiger partial charge in [-0.05, 0) is 50.7 Å².